The minimum absolute atomic E-state index is 0.00729. The predicted molar refractivity (Wildman–Crippen MR) is 141 cm³/mol. The molecule has 2 heterocycles. The van der Waals surface area contributed by atoms with Gasteiger partial charge in [0.05, 0.1) is 42.8 Å². The molecule has 40 heavy (non-hydrogen) atoms. The first-order valence-corrected chi connectivity index (χ1v) is 12.4. The normalized spacial score (nSPS) is 17.1. The number of amides is 2. The van der Waals surface area contributed by atoms with Crippen LogP contribution in [0.25, 0.3) is 11.0 Å². The number of hydrogen-bond donors (Lipinski definition) is 4. The van der Waals surface area contributed by atoms with Crippen LogP contribution in [0.1, 0.15) is 32.7 Å². The number of halogens is 4. The van der Waals surface area contributed by atoms with Crippen LogP contribution in [0.15, 0.2) is 36.7 Å². The van der Waals surface area contributed by atoms with Crippen LogP contribution in [0.5, 0.6) is 5.75 Å². The molecule has 1 aliphatic rings. The summed E-state index contributed by atoms with van der Waals surface area (Å²) in [5.74, 6) is 5.26. The van der Waals surface area contributed by atoms with Gasteiger partial charge in [0.1, 0.15) is 24.0 Å². The monoisotopic (exact) mass is 560 g/mol. The van der Waals surface area contributed by atoms with Crippen LogP contribution >= 0.6 is 0 Å². The van der Waals surface area contributed by atoms with E-state index in [4.69, 9.17) is 4.74 Å². The number of carbonyl (C=O) groups is 2. The van der Waals surface area contributed by atoms with Crippen LogP contribution in [-0.2, 0) is 6.54 Å². The summed E-state index contributed by atoms with van der Waals surface area (Å²) < 4.78 is 60.1. The second-order valence-corrected chi connectivity index (χ2v) is 9.12. The molecule has 2 atom stereocenters. The number of hydrogen-bond acceptors (Lipinski definition) is 6. The average molecular weight is 561 g/mol. The molecule has 0 aliphatic carbocycles. The summed E-state index contributed by atoms with van der Waals surface area (Å²) >= 11 is 0. The first-order chi connectivity index (χ1) is 19.1. The number of imidazole rings is 1. The maximum absolute atomic E-state index is 14.3. The molecule has 0 bridgehead atoms. The van der Waals surface area contributed by atoms with Gasteiger partial charge >= 0.3 is 6.18 Å². The minimum Gasteiger partial charge on any atom is -0.495 e. The molecule has 2 amide bonds. The summed E-state index contributed by atoms with van der Waals surface area (Å²) in [6.45, 7) is -0.553. The Balaban J connectivity index is 1.60. The largest absolute Gasteiger partial charge is 0.495 e. The molecular weight excluding hydrogens is 532 g/mol. The Morgan fingerprint density at radius 1 is 1.23 bits per heavy atom. The average Bonchev–Trinajstić information content (AvgIpc) is 3.32. The summed E-state index contributed by atoms with van der Waals surface area (Å²) in [6.07, 6.45) is -4.42. The van der Waals surface area contributed by atoms with E-state index in [1.807, 2.05) is 0 Å². The Bertz CT molecular complexity index is 1460. The van der Waals surface area contributed by atoms with E-state index in [0.29, 0.717) is 30.0 Å². The number of carbonyl (C=O) groups excluding carboxylic acids is 2. The van der Waals surface area contributed by atoms with Gasteiger partial charge in [-0.1, -0.05) is 11.8 Å². The van der Waals surface area contributed by atoms with Gasteiger partial charge in [-0.05, 0) is 43.3 Å². The highest BCUT2D eigenvalue weighted by atomic mass is 19.4. The summed E-state index contributed by atoms with van der Waals surface area (Å²) in [6, 6.07) is 6.97. The van der Waals surface area contributed by atoms with E-state index in [1.165, 1.54) is 26.3 Å². The maximum Gasteiger partial charge on any atom is 0.406 e. The van der Waals surface area contributed by atoms with Gasteiger partial charge in [-0.3, -0.25) is 9.59 Å². The highest BCUT2D eigenvalue weighted by Crippen LogP contribution is 2.26. The molecule has 212 valence electrons. The van der Waals surface area contributed by atoms with E-state index in [0.717, 1.165) is 10.9 Å². The maximum atomic E-state index is 14.3. The zero-order valence-corrected chi connectivity index (χ0v) is 21.8. The number of rotatable bonds is 7. The molecule has 1 saturated heterocycles. The topological polar surface area (TPSA) is 109 Å². The van der Waals surface area contributed by atoms with E-state index in [1.54, 1.807) is 18.2 Å². The van der Waals surface area contributed by atoms with Crippen molar-refractivity contribution in [1.82, 2.24) is 25.5 Å². The molecule has 13 heteroatoms. The Hall–Kier alpha value is -4.31. The zero-order valence-electron chi connectivity index (χ0n) is 21.8. The van der Waals surface area contributed by atoms with Gasteiger partial charge in [0.25, 0.3) is 11.8 Å². The van der Waals surface area contributed by atoms with E-state index in [9.17, 15) is 27.2 Å². The zero-order chi connectivity index (χ0) is 28.9. The lowest BCUT2D eigenvalue weighted by molar-refractivity contribution is -0.139. The number of anilines is 1. The lowest BCUT2D eigenvalue weighted by atomic mass is 10.0. The van der Waals surface area contributed by atoms with Gasteiger partial charge in [-0.2, -0.15) is 13.2 Å². The number of aromatic nitrogens is 2. The number of alkyl halides is 4. The molecule has 4 rings (SSSR count). The fourth-order valence-corrected chi connectivity index (χ4v) is 4.37. The van der Waals surface area contributed by atoms with Crippen molar-refractivity contribution < 1.29 is 31.9 Å². The van der Waals surface area contributed by atoms with Gasteiger partial charge in [0.15, 0.2) is 0 Å². The van der Waals surface area contributed by atoms with E-state index in [2.05, 4.69) is 38.1 Å². The smallest absolute Gasteiger partial charge is 0.406 e. The van der Waals surface area contributed by atoms with Crippen molar-refractivity contribution in [2.45, 2.75) is 31.4 Å². The lowest BCUT2D eigenvalue weighted by Crippen LogP contribution is -2.50. The van der Waals surface area contributed by atoms with Crippen molar-refractivity contribution in [3.8, 4) is 17.6 Å². The number of benzene rings is 2. The van der Waals surface area contributed by atoms with Gasteiger partial charge in [0, 0.05) is 24.7 Å². The Labute approximate surface area is 227 Å². The molecular formula is C27H28F4N6O3. The third kappa shape index (κ3) is 6.81. The van der Waals surface area contributed by atoms with Crippen LogP contribution < -0.4 is 26.0 Å². The van der Waals surface area contributed by atoms with Crippen molar-refractivity contribution in [3.63, 3.8) is 0 Å². The molecule has 0 spiro atoms. The number of fused-ring (bicyclic) bond motifs is 1. The van der Waals surface area contributed by atoms with Crippen molar-refractivity contribution >= 4 is 28.5 Å². The van der Waals surface area contributed by atoms with Gasteiger partial charge in [-0.25, -0.2) is 9.37 Å². The molecule has 0 saturated carbocycles. The third-order valence-corrected chi connectivity index (χ3v) is 6.33. The Morgan fingerprint density at radius 3 is 2.73 bits per heavy atom. The van der Waals surface area contributed by atoms with Crippen molar-refractivity contribution in [1.29, 1.82) is 0 Å². The molecule has 0 radical (unpaired) electrons. The third-order valence-electron chi connectivity index (χ3n) is 6.33. The first kappa shape index (κ1) is 28.7. The Kier molecular flexibility index (Phi) is 8.79. The Morgan fingerprint density at radius 2 is 2.02 bits per heavy atom. The number of methoxy groups -OCH3 is 1. The second kappa shape index (κ2) is 12.3. The highest BCUT2D eigenvalue weighted by molar-refractivity contribution is 6.05. The summed E-state index contributed by atoms with van der Waals surface area (Å²) in [5.41, 5.74) is 1.42. The number of ether oxygens (including phenoxy) is 1. The van der Waals surface area contributed by atoms with Crippen molar-refractivity contribution in [3.05, 3.63) is 53.3 Å². The first-order valence-electron chi connectivity index (χ1n) is 12.4. The molecule has 9 nitrogen and oxygen atoms in total. The lowest BCUT2D eigenvalue weighted by Gasteiger charge is -2.27. The minimum atomic E-state index is -4.51. The van der Waals surface area contributed by atoms with Gasteiger partial charge in [0.2, 0.25) is 0 Å². The molecule has 4 N–H and O–H groups in total. The van der Waals surface area contributed by atoms with E-state index < -0.39 is 30.8 Å². The molecule has 1 aliphatic heterocycles. The molecule has 1 aromatic heterocycles. The number of nitrogens with zero attached hydrogens (tertiary/aromatic N) is 2. The van der Waals surface area contributed by atoms with Crippen LogP contribution in [0.2, 0.25) is 0 Å². The number of piperidine rings is 1. The quantitative estimate of drug-likeness (QED) is 0.262. The van der Waals surface area contributed by atoms with Crippen LogP contribution in [0.4, 0.5) is 23.2 Å². The van der Waals surface area contributed by atoms with E-state index >= 15 is 0 Å². The fraction of sp³-hybridized carbons (Fsp3) is 0.370. The molecule has 2 aromatic carbocycles. The second-order valence-electron chi connectivity index (χ2n) is 9.12. The predicted octanol–water partition coefficient (Wildman–Crippen LogP) is 2.86. The summed E-state index contributed by atoms with van der Waals surface area (Å²) in [5, 5.41) is 11.1. The van der Waals surface area contributed by atoms with Crippen LogP contribution in [0, 0.1) is 11.8 Å². The molecule has 3 aromatic rings. The SMILES string of the molecule is CNC(=O)c1ccc(NCC#Cc2cc(C(=O)N[C@H]3CCNC[C@@H]3F)c3ncn(CC(F)(F)F)c3c2)c(OC)c1. The van der Waals surface area contributed by atoms with Gasteiger partial charge < -0.3 is 30.6 Å². The van der Waals surface area contributed by atoms with Crippen LogP contribution in [-0.4, -0.2) is 73.5 Å². The van der Waals surface area contributed by atoms with Gasteiger partial charge in [-0.15, -0.1) is 0 Å². The standard InChI is InChI=1S/C27H28F4N6O3/c1-32-25(38)17-5-6-21(23(12-17)40-2)34-8-3-4-16-10-18(26(39)36-20-7-9-33-13-19(20)28)24-22(11-16)37(15-35-24)14-27(29,30)31/h5-6,10-12,15,19-20,33-34H,7-9,13-14H2,1-2H3,(H,32,38)(H,36,39)/t19-,20-/m0/s1. The molecule has 1 fully saturated rings. The van der Waals surface area contributed by atoms with Crippen LogP contribution in [0.3, 0.4) is 0 Å². The van der Waals surface area contributed by atoms with E-state index in [-0.39, 0.29) is 41.2 Å². The highest BCUT2D eigenvalue weighted by Gasteiger charge is 2.30. The summed E-state index contributed by atoms with van der Waals surface area (Å²) in [4.78, 5) is 29.0. The molecule has 0 unspecified atom stereocenters. The number of nitrogens with one attached hydrogen (secondary N) is 4. The fourth-order valence-electron chi connectivity index (χ4n) is 4.37. The summed E-state index contributed by atoms with van der Waals surface area (Å²) in [7, 11) is 2.98. The van der Waals surface area contributed by atoms with Crippen molar-refractivity contribution in [2.24, 2.45) is 0 Å². The van der Waals surface area contributed by atoms with Crippen molar-refractivity contribution in [2.75, 3.05) is 39.1 Å².